The van der Waals surface area contributed by atoms with Crippen molar-refractivity contribution in [2.75, 3.05) is 13.1 Å². The molecule has 0 atom stereocenters. The number of aryl methyl sites for hydroxylation is 1. The zero-order valence-corrected chi connectivity index (χ0v) is 9.03. The summed E-state index contributed by atoms with van der Waals surface area (Å²) in [6.45, 7) is 4.24. The monoisotopic (exact) mass is 193 g/mol. The van der Waals surface area contributed by atoms with E-state index in [9.17, 15) is 0 Å². The number of rotatable bonds is 6. The Balaban J connectivity index is 2.14. The molecule has 1 N–H and O–H groups in total. The predicted molar refractivity (Wildman–Crippen MR) is 59.2 cm³/mol. The SMILES string of the molecule is CCNCC/C=C/Cc1ccn(C)n1. The maximum atomic E-state index is 4.29. The second-order valence-corrected chi connectivity index (χ2v) is 3.30. The number of hydrogen-bond donors (Lipinski definition) is 1. The Labute approximate surface area is 85.8 Å². The summed E-state index contributed by atoms with van der Waals surface area (Å²) in [5.74, 6) is 0. The predicted octanol–water partition coefficient (Wildman–Crippen LogP) is 1.52. The lowest BCUT2D eigenvalue weighted by atomic mass is 10.2. The summed E-state index contributed by atoms with van der Waals surface area (Å²) in [7, 11) is 1.94. The van der Waals surface area contributed by atoms with E-state index in [0.29, 0.717) is 0 Å². The topological polar surface area (TPSA) is 29.9 Å². The van der Waals surface area contributed by atoms with E-state index < -0.39 is 0 Å². The zero-order valence-electron chi connectivity index (χ0n) is 9.03. The number of nitrogens with one attached hydrogen (secondary N) is 1. The van der Waals surface area contributed by atoms with Crippen LogP contribution in [-0.2, 0) is 13.5 Å². The summed E-state index contributed by atoms with van der Waals surface area (Å²) in [5, 5.41) is 7.57. The standard InChI is InChI=1S/C11H19N3/c1-3-12-9-6-4-5-7-11-8-10-14(2)13-11/h4-5,8,10,12H,3,6-7,9H2,1-2H3/b5-4+. The fraction of sp³-hybridized carbons (Fsp3) is 0.545. The average Bonchev–Trinajstić information content (AvgIpc) is 2.58. The zero-order chi connectivity index (χ0) is 10.2. The van der Waals surface area contributed by atoms with Crippen LogP contribution in [0.2, 0.25) is 0 Å². The highest BCUT2D eigenvalue weighted by atomic mass is 15.2. The molecule has 1 heterocycles. The highest BCUT2D eigenvalue weighted by Crippen LogP contribution is 1.96. The molecule has 14 heavy (non-hydrogen) atoms. The van der Waals surface area contributed by atoms with Gasteiger partial charge in [0.05, 0.1) is 5.69 Å². The molecule has 0 spiro atoms. The van der Waals surface area contributed by atoms with Crippen LogP contribution in [0.5, 0.6) is 0 Å². The molecule has 0 aliphatic carbocycles. The van der Waals surface area contributed by atoms with Crippen LogP contribution in [0.4, 0.5) is 0 Å². The van der Waals surface area contributed by atoms with Crippen LogP contribution in [0.3, 0.4) is 0 Å². The number of nitrogens with zero attached hydrogens (tertiary/aromatic N) is 2. The van der Waals surface area contributed by atoms with Gasteiger partial charge in [0.2, 0.25) is 0 Å². The molecule has 0 aliphatic heterocycles. The minimum Gasteiger partial charge on any atom is -0.317 e. The van der Waals surface area contributed by atoms with Crippen molar-refractivity contribution < 1.29 is 0 Å². The van der Waals surface area contributed by atoms with Crippen molar-refractivity contribution in [3.63, 3.8) is 0 Å². The second kappa shape index (κ2) is 6.38. The van der Waals surface area contributed by atoms with Gasteiger partial charge >= 0.3 is 0 Å². The van der Waals surface area contributed by atoms with Crippen molar-refractivity contribution in [1.29, 1.82) is 0 Å². The van der Waals surface area contributed by atoms with Gasteiger partial charge in [-0.3, -0.25) is 4.68 Å². The summed E-state index contributed by atoms with van der Waals surface area (Å²) in [4.78, 5) is 0. The Hall–Kier alpha value is -1.09. The maximum Gasteiger partial charge on any atom is 0.0662 e. The molecule has 0 fully saturated rings. The highest BCUT2D eigenvalue weighted by Gasteiger charge is 1.91. The smallest absolute Gasteiger partial charge is 0.0662 e. The summed E-state index contributed by atoms with van der Waals surface area (Å²) in [6.07, 6.45) is 8.40. The van der Waals surface area contributed by atoms with Gasteiger partial charge in [0.15, 0.2) is 0 Å². The average molecular weight is 193 g/mol. The fourth-order valence-corrected chi connectivity index (χ4v) is 1.26. The number of allylic oxidation sites excluding steroid dienone is 1. The van der Waals surface area contributed by atoms with Crippen molar-refractivity contribution in [3.05, 3.63) is 30.1 Å². The maximum absolute atomic E-state index is 4.29. The van der Waals surface area contributed by atoms with E-state index in [-0.39, 0.29) is 0 Å². The van der Waals surface area contributed by atoms with E-state index >= 15 is 0 Å². The van der Waals surface area contributed by atoms with Crippen LogP contribution in [-0.4, -0.2) is 22.9 Å². The molecule has 0 aromatic carbocycles. The molecule has 0 saturated carbocycles. The van der Waals surface area contributed by atoms with Gasteiger partial charge in [-0.2, -0.15) is 5.10 Å². The quantitative estimate of drug-likeness (QED) is 0.548. The van der Waals surface area contributed by atoms with Crippen molar-refractivity contribution in [2.45, 2.75) is 19.8 Å². The molecule has 3 nitrogen and oxygen atoms in total. The summed E-state index contributed by atoms with van der Waals surface area (Å²) in [5.41, 5.74) is 1.13. The first kappa shape index (κ1) is 11.0. The molecule has 0 saturated heterocycles. The molecule has 0 amide bonds. The summed E-state index contributed by atoms with van der Waals surface area (Å²) >= 11 is 0. The Morgan fingerprint density at radius 1 is 1.50 bits per heavy atom. The van der Waals surface area contributed by atoms with Crippen LogP contribution >= 0.6 is 0 Å². The lowest BCUT2D eigenvalue weighted by molar-refractivity contribution is 0.725. The normalized spacial score (nSPS) is 11.3. The van der Waals surface area contributed by atoms with Crippen LogP contribution in [0.25, 0.3) is 0 Å². The van der Waals surface area contributed by atoms with E-state index in [2.05, 4.69) is 35.6 Å². The summed E-state index contributed by atoms with van der Waals surface area (Å²) < 4.78 is 1.84. The van der Waals surface area contributed by atoms with Crippen LogP contribution < -0.4 is 5.32 Å². The van der Waals surface area contributed by atoms with E-state index in [1.165, 1.54) is 0 Å². The van der Waals surface area contributed by atoms with Gasteiger partial charge in [0.25, 0.3) is 0 Å². The Kier molecular flexibility index (Phi) is 5.00. The van der Waals surface area contributed by atoms with Crippen molar-refractivity contribution in [1.82, 2.24) is 15.1 Å². The largest absolute Gasteiger partial charge is 0.317 e. The molecular weight excluding hydrogens is 174 g/mol. The molecule has 78 valence electrons. The van der Waals surface area contributed by atoms with Gasteiger partial charge in [0, 0.05) is 19.7 Å². The lowest BCUT2D eigenvalue weighted by Gasteiger charge is -1.95. The fourth-order valence-electron chi connectivity index (χ4n) is 1.26. The van der Waals surface area contributed by atoms with Gasteiger partial charge in [-0.1, -0.05) is 19.1 Å². The lowest BCUT2D eigenvalue weighted by Crippen LogP contribution is -2.12. The van der Waals surface area contributed by atoms with E-state index in [1.807, 2.05) is 17.9 Å². The first-order chi connectivity index (χ1) is 6.83. The van der Waals surface area contributed by atoms with Crippen LogP contribution in [0, 0.1) is 0 Å². The molecule has 0 radical (unpaired) electrons. The van der Waals surface area contributed by atoms with Gasteiger partial charge < -0.3 is 5.32 Å². The Morgan fingerprint density at radius 2 is 2.36 bits per heavy atom. The molecule has 0 unspecified atom stereocenters. The molecular formula is C11H19N3. The highest BCUT2D eigenvalue weighted by molar-refractivity contribution is 5.04. The van der Waals surface area contributed by atoms with Crippen molar-refractivity contribution >= 4 is 0 Å². The van der Waals surface area contributed by atoms with Crippen molar-refractivity contribution in [2.24, 2.45) is 7.05 Å². The van der Waals surface area contributed by atoms with E-state index in [0.717, 1.165) is 31.6 Å². The summed E-state index contributed by atoms with van der Waals surface area (Å²) in [6, 6.07) is 2.05. The minimum absolute atomic E-state index is 0.937. The Bertz CT molecular complexity index is 276. The van der Waals surface area contributed by atoms with Crippen LogP contribution in [0.1, 0.15) is 19.0 Å². The number of aromatic nitrogens is 2. The van der Waals surface area contributed by atoms with Gasteiger partial charge in [0.1, 0.15) is 0 Å². The van der Waals surface area contributed by atoms with Crippen LogP contribution in [0.15, 0.2) is 24.4 Å². The third kappa shape index (κ3) is 4.23. The van der Waals surface area contributed by atoms with Gasteiger partial charge in [-0.25, -0.2) is 0 Å². The third-order valence-corrected chi connectivity index (χ3v) is 2.00. The molecule has 1 aromatic heterocycles. The van der Waals surface area contributed by atoms with Gasteiger partial charge in [-0.05, 0) is 25.6 Å². The molecule has 1 aromatic rings. The molecule has 1 rings (SSSR count). The Morgan fingerprint density at radius 3 is 3.00 bits per heavy atom. The first-order valence-corrected chi connectivity index (χ1v) is 5.17. The minimum atomic E-state index is 0.937. The number of hydrogen-bond acceptors (Lipinski definition) is 2. The molecule has 0 bridgehead atoms. The van der Waals surface area contributed by atoms with Gasteiger partial charge in [-0.15, -0.1) is 0 Å². The second-order valence-electron chi connectivity index (χ2n) is 3.30. The first-order valence-electron chi connectivity index (χ1n) is 5.17. The van der Waals surface area contributed by atoms with E-state index in [4.69, 9.17) is 0 Å². The molecule has 0 aliphatic rings. The van der Waals surface area contributed by atoms with E-state index in [1.54, 1.807) is 0 Å². The molecule has 3 heteroatoms. The third-order valence-electron chi connectivity index (χ3n) is 2.00. The van der Waals surface area contributed by atoms with Crippen molar-refractivity contribution in [3.8, 4) is 0 Å².